The summed E-state index contributed by atoms with van der Waals surface area (Å²) in [7, 11) is 0. The van der Waals surface area contributed by atoms with Crippen LogP contribution in [0, 0.1) is 5.92 Å². The van der Waals surface area contributed by atoms with Gasteiger partial charge in [0, 0.05) is 6.04 Å². The molecule has 0 spiro atoms. The summed E-state index contributed by atoms with van der Waals surface area (Å²) in [6.07, 6.45) is 41.8. The monoisotopic (exact) mass is 476 g/mol. The van der Waals surface area contributed by atoms with Gasteiger partial charge in [-0.15, -0.1) is 0 Å². The lowest BCUT2D eigenvalue weighted by molar-refractivity contribution is 0.322. The largest absolute Gasteiger partial charge is 0.327 e. The zero-order chi connectivity index (χ0) is 25.0. The van der Waals surface area contributed by atoms with Gasteiger partial charge in [-0.05, 0) is 57.3 Å². The summed E-state index contributed by atoms with van der Waals surface area (Å²) in [6, 6.07) is 0.440. The summed E-state index contributed by atoms with van der Waals surface area (Å²) in [4.78, 5) is 0. The van der Waals surface area contributed by atoms with Crippen molar-refractivity contribution in [1.82, 2.24) is 0 Å². The third-order valence-corrected chi connectivity index (χ3v) is 7.45. The SMILES string of the molecule is CCCCC/C=C\C/C=C\CCCCCCCC(N)C(CCCCCCC)CCCCCCC. The van der Waals surface area contributed by atoms with Crippen LogP contribution in [0.2, 0.25) is 0 Å². The van der Waals surface area contributed by atoms with E-state index in [-0.39, 0.29) is 0 Å². The van der Waals surface area contributed by atoms with Crippen molar-refractivity contribution in [2.24, 2.45) is 11.7 Å². The molecule has 2 N–H and O–H groups in total. The minimum Gasteiger partial charge on any atom is -0.327 e. The molecule has 0 fully saturated rings. The number of rotatable bonds is 27. The Labute approximate surface area is 216 Å². The smallest absolute Gasteiger partial charge is 0.00671 e. The quantitative estimate of drug-likeness (QED) is 0.0927. The first kappa shape index (κ1) is 33.4. The summed E-state index contributed by atoms with van der Waals surface area (Å²) in [5.41, 5.74) is 6.74. The van der Waals surface area contributed by atoms with Gasteiger partial charge in [-0.2, -0.15) is 0 Å². The normalized spacial score (nSPS) is 13.1. The summed E-state index contributed by atoms with van der Waals surface area (Å²) < 4.78 is 0. The molecule has 0 saturated carbocycles. The standard InChI is InChI=1S/C33H65N/c1-4-7-10-13-14-15-16-17-18-19-20-21-22-25-28-31-33(34)32(29-26-23-11-8-5-2)30-27-24-12-9-6-3/h14-15,17-18,32-33H,4-13,16,19-31,34H2,1-3H3/b15-14-,18-17-. The Morgan fingerprint density at radius 2 is 0.824 bits per heavy atom. The first-order chi connectivity index (χ1) is 16.8. The zero-order valence-corrected chi connectivity index (χ0v) is 24.0. The number of unbranched alkanes of at least 4 members (excludes halogenated alkanes) is 16. The van der Waals surface area contributed by atoms with E-state index in [9.17, 15) is 0 Å². The molecule has 0 aliphatic heterocycles. The van der Waals surface area contributed by atoms with Crippen LogP contribution in [0.1, 0.15) is 175 Å². The van der Waals surface area contributed by atoms with Crippen molar-refractivity contribution >= 4 is 0 Å². The molecule has 0 bridgehead atoms. The Balaban J connectivity index is 3.85. The molecule has 1 atom stereocenters. The predicted octanol–water partition coefficient (Wildman–Crippen LogP) is 11.5. The van der Waals surface area contributed by atoms with E-state index in [0.717, 1.165) is 12.3 Å². The topological polar surface area (TPSA) is 26.0 Å². The number of hydrogen-bond acceptors (Lipinski definition) is 1. The fourth-order valence-electron chi connectivity index (χ4n) is 5.02. The van der Waals surface area contributed by atoms with Gasteiger partial charge in [0.25, 0.3) is 0 Å². The minimum atomic E-state index is 0.440. The first-order valence-corrected chi connectivity index (χ1v) is 15.8. The molecule has 0 aromatic rings. The molecule has 0 heterocycles. The van der Waals surface area contributed by atoms with Gasteiger partial charge in [0.2, 0.25) is 0 Å². The van der Waals surface area contributed by atoms with Crippen LogP contribution in [0.15, 0.2) is 24.3 Å². The average molecular weight is 476 g/mol. The Bertz CT molecular complexity index is 410. The third-order valence-electron chi connectivity index (χ3n) is 7.45. The van der Waals surface area contributed by atoms with E-state index >= 15 is 0 Å². The molecule has 0 saturated heterocycles. The van der Waals surface area contributed by atoms with E-state index in [1.165, 1.54) is 148 Å². The van der Waals surface area contributed by atoms with E-state index in [1.807, 2.05) is 0 Å². The number of allylic oxidation sites excluding steroid dienone is 4. The Morgan fingerprint density at radius 3 is 1.35 bits per heavy atom. The molecule has 0 aliphatic carbocycles. The van der Waals surface area contributed by atoms with Crippen molar-refractivity contribution in [3.8, 4) is 0 Å². The van der Waals surface area contributed by atoms with Crippen molar-refractivity contribution in [3.63, 3.8) is 0 Å². The summed E-state index contributed by atoms with van der Waals surface area (Å²) in [5.74, 6) is 0.772. The highest BCUT2D eigenvalue weighted by Crippen LogP contribution is 2.24. The van der Waals surface area contributed by atoms with Gasteiger partial charge in [0.05, 0.1) is 0 Å². The first-order valence-electron chi connectivity index (χ1n) is 15.8. The van der Waals surface area contributed by atoms with Crippen molar-refractivity contribution < 1.29 is 0 Å². The highest BCUT2D eigenvalue weighted by Gasteiger charge is 2.17. The molecule has 34 heavy (non-hydrogen) atoms. The van der Waals surface area contributed by atoms with Gasteiger partial charge < -0.3 is 5.73 Å². The summed E-state index contributed by atoms with van der Waals surface area (Å²) in [5, 5.41) is 0. The van der Waals surface area contributed by atoms with E-state index in [2.05, 4.69) is 45.1 Å². The van der Waals surface area contributed by atoms with Gasteiger partial charge >= 0.3 is 0 Å². The highest BCUT2D eigenvalue weighted by molar-refractivity contribution is 4.92. The van der Waals surface area contributed by atoms with E-state index < -0.39 is 0 Å². The van der Waals surface area contributed by atoms with Crippen LogP contribution in [0.5, 0.6) is 0 Å². The molecular weight excluding hydrogens is 410 g/mol. The van der Waals surface area contributed by atoms with E-state index in [0.29, 0.717) is 6.04 Å². The molecular formula is C33H65N. The Morgan fingerprint density at radius 1 is 0.441 bits per heavy atom. The Kier molecular flexibility index (Phi) is 28.2. The molecule has 0 aliphatic rings. The lowest BCUT2D eigenvalue weighted by atomic mass is 9.86. The van der Waals surface area contributed by atoms with Crippen LogP contribution in [0.3, 0.4) is 0 Å². The van der Waals surface area contributed by atoms with Gasteiger partial charge in [-0.1, -0.05) is 148 Å². The maximum Gasteiger partial charge on any atom is 0.00671 e. The highest BCUT2D eigenvalue weighted by atomic mass is 14.6. The average Bonchev–Trinajstić information content (AvgIpc) is 2.84. The van der Waals surface area contributed by atoms with E-state index in [4.69, 9.17) is 5.73 Å². The van der Waals surface area contributed by atoms with Crippen LogP contribution in [-0.2, 0) is 0 Å². The van der Waals surface area contributed by atoms with Crippen LogP contribution >= 0.6 is 0 Å². The fraction of sp³-hybridized carbons (Fsp3) is 0.879. The predicted molar refractivity (Wildman–Crippen MR) is 158 cm³/mol. The molecule has 0 amide bonds. The van der Waals surface area contributed by atoms with Gasteiger partial charge in [0.15, 0.2) is 0 Å². The lowest BCUT2D eigenvalue weighted by Crippen LogP contribution is -2.30. The summed E-state index contributed by atoms with van der Waals surface area (Å²) >= 11 is 0. The van der Waals surface area contributed by atoms with Crippen LogP contribution in [0.4, 0.5) is 0 Å². The van der Waals surface area contributed by atoms with Crippen molar-refractivity contribution in [2.45, 2.75) is 181 Å². The van der Waals surface area contributed by atoms with Crippen molar-refractivity contribution in [2.75, 3.05) is 0 Å². The molecule has 0 aromatic heterocycles. The third kappa shape index (κ3) is 24.6. The van der Waals surface area contributed by atoms with Gasteiger partial charge in [-0.3, -0.25) is 0 Å². The van der Waals surface area contributed by atoms with Crippen molar-refractivity contribution in [1.29, 1.82) is 0 Å². The van der Waals surface area contributed by atoms with E-state index in [1.54, 1.807) is 0 Å². The number of hydrogen-bond donors (Lipinski definition) is 1. The molecule has 0 radical (unpaired) electrons. The van der Waals surface area contributed by atoms with Crippen LogP contribution in [-0.4, -0.2) is 6.04 Å². The van der Waals surface area contributed by atoms with Crippen LogP contribution in [0.25, 0.3) is 0 Å². The van der Waals surface area contributed by atoms with Gasteiger partial charge in [-0.25, -0.2) is 0 Å². The number of nitrogens with two attached hydrogens (primary N) is 1. The second-order valence-corrected chi connectivity index (χ2v) is 10.8. The molecule has 202 valence electrons. The second kappa shape index (κ2) is 28.7. The fourth-order valence-corrected chi connectivity index (χ4v) is 5.02. The minimum absolute atomic E-state index is 0.440. The molecule has 1 heteroatoms. The molecule has 1 unspecified atom stereocenters. The zero-order valence-electron chi connectivity index (χ0n) is 24.0. The van der Waals surface area contributed by atoms with Crippen molar-refractivity contribution in [3.05, 3.63) is 24.3 Å². The summed E-state index contributed by atoms with van der Waals surface area (Å²) in [6.45, 7) is 6.88. The van der Waals surface area contributed by atoms with Gasteiger partial charge in [0.1, 0.15) is 0 Å². The Hall–Kier alpha value is -0.560. The maximum absolute atomic E-state index is 6.74. The lowest BCUT2D eigenvalue weighted by Gasteiger charge is -2.24. The molecule has 0 rings (SSSR count). The molecule has 1 nitrogen and oxygen atoms in total. The maximum atomic E-state index is 6.74. The molecule has 0 aromatic carbocycles. The second-order valence-electron chi connectivity index (χ2n) is 10.8. The van der Waals surface area contributed by atoms with Crippen LogP contribution < -0.4 is 5.73 Å².